The Labute approximate surface area is 99.8 Å². The van der Waals surface area contributed by atoms with E-state index in [-0.39, 0.29) is 17.4 Å². The summed E-state index contributed by atoms with van der Waals surface area (Å²) >= 11 is 1.17. The van der Waals surface area contributed by atoms with Crippen molar-refractivity contribution in [1.82, 2.24) is 9.80 Å². The Balaban J connectivity index is 2.20. The van der Waals surface area contributed by atoms with Gasteiger partial charge in [0.2, 0.25) is 5.91 Å². The Bertz CT molecular complexity index is 252. The van der Waals surface area contributed by atoms with Crippen LogP contribution < -0.4 is 0 Å². The van der Waals surface area contributed by atoms with Crippen molar-refractivity contribution in [2.24, 2.45) is 0 Å². The van der Waals surface area contributed by atoms with E-state index in [0.29, 0.717) is 0 Å². The lowest BCUT2D eigenvalue weighted by Crippen LogP contribution is -2.49. The first-order chi connectivity index (χ1) is 7.63. The zero-order chi connectivity index (χ0) is 12.0. The van der Waals surface area contributed by atoms with E-state index in [4.69, 9.17) is 5.11 Å². The predicted octanol–water partition coefficient (Wildman–Crippen LogP) is -0.0317. The maximum Gasteiger partial charge on any atom is 0.313 e. The highest BCUT2D eigenvalue weighted by Gasteiger charge is 2.19. The molecule has 0 unspecified atom stereocenters. The minimum atomic E-state index is -0.867. The van der Waals surface area contributed by atoms with Crippen molar-refractivity contribution in [3.05, 3.63) is 0 Å². The topological polar surface area (TPSA) is 60.9 Å². The van der Waals surface area contributed by atoms with Gasteiger partial charge in [0.1, 0.15) is 0 Å². The summed E-state index contributed by atoms with van der Waals surface area (Å²) in [6, 6.07) is 0. The van der Waals surface area contributed by atoms with Gasteiger partial charge < -0.3 is 14.9 Å². The molecule has 0 spiro atoms. The van der Waals surface area contributed by atoms with Crippen molar-refractivity contribution in [2.45, 2.75) is 6.92 Å². The molecule has 0 bridgehead atoms. The summed E-state index contributed by atoms with van der Waals surface area (Å²) < 4.78 is 0. The van der Waals surface area contributed by atoms with E-state index >= 15 is 0 Å². The maximum atomic E-state index is 11.7. The lowest BCUT2D eigenvalue weighted by molar-refractivity contribution is -0.133. The fourth-order valence-electron chi connectivity index (χ4n) is 1.63. The number of hydrogen-bond donors (Lipinski definition) is 1. The summed E-state index contributed by atoms with van der Waals surface area (Å²) in [5.74, 6) is -0.533. The number of carbonyl (C=O) groups excluding carboxylic acids is 1. The standard InChI is InChI=1S/C10H18N2O3S/c1-2-11-3-5-12(6-4-11)9(13)7-16-8-10(14)15/h2-8H2,1H3,(H,14,15). The number of thioether (sulfide) groups is 1. The minimum absolute atomic E-state index is 0.000660. The number of amides is 1. The van der Waals surface area contributed by atoms with Gasteiger partial charge in [0.15, 0.2) is 0 Å². The van der Waals surface area contributed by atoms with Gasteiger partial charge in [-0.1, -0.05) is 6.92 Å². The zero-order valence-corrected chi connectivity index (χ0v) is 10.3. The van der Waals surface area contributed by atoms with Gasteiger partial charge in [-0.2, -0.15) is 0 Å². The molecule has 1 rings (SSSR count). The smallest absolute Gasteiger partial charge is 0.313 e. The normalized spacial score (nSPS) is 17.4. The van der Waals surface area contributed by atoms with Crippen molar-refractivity contribution >= 4 is 23.6 Å². The average Bonchev–Trinajstić information content (AvgIpc) is 2.28. The second-order valence-electron chi connectivity index (χ2n) is 3.70. The summed E-state index contributed by atoms with van der Waals surface area (Å²) in [6.07, 6.45) is 0. The van der Waals surface area contributed by atoms with E-state index in [0.717, 1.165) is 32.7 Å². The molecule has 1 N–H and O–H groups in total. The Morgan fingerprint density at radius 3 is 2.31 bits per heavy atom. The van der Waals surface area contributed by atoms with Crippen molar-refractivity contribution in [1.29, 1.82) is 0 Å². The third kappa shape index (κ3) is 4.40. The van der Waals surface area contributed by atoms with E-state index in [1.807, 2.05) is 4.90 Å². The molecule has 0 aromatic rings. The van der Waals surface area contributed by atoms with Crippen molar-refractivity contribution in [3.63, 3.8) is 0 Å². The molecule has 1 heterocycles. The molecule has 1 amide bonds. The fourth-order valence-corrected chi connectivity index (χ4v) is 2.26. The highest BCUT2D eigenvalue weighted by atomic mass is 32.2. The first kappa shape index (κ1) is 13.3. The van der Waals surface area contributed by atoms with Crippen LogP contribution in [0.4, 0.5) is 0 Å². The van der Waals surface area contributed by atoms with E-state index in [9.17, 15) is 9.59 Å². The van der Waals surface area contributed by atoms with Crippen LogP contribution in [0.25, 0.3) is 0 Å². The first-order valence-electron chi connectivity index (χ1n) is 5.43. The van der Waals surface area contributed by atoms with Gasteiger partial charge >= 0.3 is 5.97 Å². The highest BCUT2D eigenvalue weighted by molar-refractivity contribution is 8.00. The Morgan fingerprint density at radius 2 is 1.81 bits per heavy atom. The van der Waals surface area contributed by atoms with Crippen molar-refractivity contribution in [2.75, 3.05) is 44.2 Å². The number of rotatable bonds is 5. The molecule has 1 fully saturated rings. The molecule has 0 radical (unpaired) electrons. The van der Waals surface area contributed by atoms with Gasteiger partial charge in [-0.05, 0) is 6.54 Å². The van der Waals surface area contributed by atoms with Gasteiger partial charge in [0, 0.05) is 26.2 Å². The quantitative estimate of drug-likeness (QED) is 0.738. The number of aliphatic carboxylic acids is 1. The van der Waals surface area contributed by atoms with Crippen LogP contribution in [0.3, 0.4) is 0 Å². The van der Waals surface area contributed by atoms with Crippen LogP contribution in [0.1, 0.15) is 6.92 Å². The molecule has 92 valence electrons. The Morgan fingerprint density at radius 1 is 1.19 bits per heavy atom. The largest absolute Gasteiger partial charge is 0.481 e. The first-order valence-corrected chi connectivity index (χ1v) is 6.58. The van der Waals surface area contributed by atoms with Crippen molar-refractivity contribution < 1.29 is 14.7 Å². The summed E-state index contributed by atoms with van der Waals surface area (Å²) in [5, 5.41) is 8.45. The second-order valence-corrected chi connectivity index (χ2v) is 4.69. The summed E-state index contributed by atoms with van der Waals surface area (Å²) in [4.78, 5) is 26.1. The lowest BCUT2D eigenvalue weighted by atomic mass is 10.3. The highest BCUT2D eigenvalue weighted by Crippen LogP contribution is 2.06. The molecular formula is C10H18N2O3S. The molecule has 0 aliphatic carbocycles. The monoisotopic (exact) mass is 246 g/mol. The van der Waals surface area contributed by atoms with Crippen LogP contribution in [0.2, 0.25) is 0 Å². The van der Waals surface area contributed by atoms with Gasteiger partial charge in [0.25, 0.3) is 0 Å². The van der Waals surface area contributed by atoms with Gasteiger partial charge in [-0.3, -0.25) is 9.59 Å². The average molecular weight is 246 g/mol. The third-order valence-electron chi connectivity index (χ3n) is 2.62. The fraction of sp³-hybridized carbons (Fsp3) is 0.800. The van der Waals surface area contributed by atoms with Gasteiger partial charge in [-0.15, -0.1) is 11.8 Å². The Kier molecular flexibility index (Phi) is 5.62. The molecule has 16 heavy (non-hydrogen) atoms. The number of carboxylic acids is 1. The number of carbonyl (C=O) groups is 2. The van der Waals surface area contributed by atoms with Crippen LogP contribution >= 0.6 is 11.8 Å². The van der Waals surface area contributed by atoms with Crippen LogP contribution in [-0.2, 0) is 9.59 Å². The molecule has 5 nitrogen and oxygen atoms in total. The van der Waals surface area contributed by atoms with E-state index in [2.05, 4.69) is 11.8 Å². The number of carboxylic acid groups (broad SMARTS) is 1. The molecule has 0 aromatic carbocycles. The molecule has 1 aliphatic rings. The van der Waals surface area contributed by atoms with Crippen LogP contribution in [-0.4, -0.2) is 71.0 Å². The Hall–Kier alpha value is -0.750. The molecule has 0 atom stereocenters. The number of piperazine rings is 1. The van der Waals surface area contributed by atoms with Gasteiger partial charge in [0.05, 0.1) is 11.5 Å². The van der Waals surface area contributed by atoms with E-state index in [1.54, 1.807) is 0 Å². The van der Waals surface area contributed by atoms with E-state index < -0.39 is 5.97 Å². The molecule has 1 aliphatic heterocycles. The minimum Gasteiger partial charge on any atom is -0.481 e. The van der Waals surface area contributed by atoms with Gasteiger partial charge in [-0.25, -0.2) is 0 Å². The summed E-state index contributed by atoms with van der Waals surface area (Å²) in [5.41, 5.74) is 0. The van der Waals surface area contributed by atoms with Crippen LogP contribution in [0.5, 0.6) is 0 Å². The van der Waals surface area contributed by atoms with E-state index in [1.165, 1.54) is 11.8 Å². The molecular weight excluding hydrogens is 228 g/mol. The molecule has 0 aromatic heterocycles. The molecule has 0 saturated carbocycles. The zero-order valence-electron chi connectivity index (χ0n) is 9.52. The SMILES string of the molecule is CCN1CCN(C(=O)CSCC(=O)O)CC1. The molecule has 6 heteroatoms. The number of nitrogens with zero attached hydrogens (tertiary/aromatic N) is 2. The van der Waals surface area contributed by atoms with Crippen LogP contribution in [0.15, 0.2) is 0 Å². The third-order valence-corrected chi connectivity index (χ3v) is 3.53. The molecule has 1 saturated heterocycles. The number of likely N-dealkylation sites (N-methyl/N-ethyl adjacent to an activating group) is 1. The maximum absolute atomic E-state index is 11.7. The summed E-state index contributed by atoms with van der Waals surface area (Å²) in [7, 11) is 0. The predicted molar refractivity (Wildman–Crippen MR) is 63.7 cm³/mol. The second kappa shape index (κ2) is 6.75. The lowest BCUT2D eigenvalue weighted by Gasteiger charge is -2.34. The number of hydrogen-bond acceptors (Lipinski definition) is 4. The van der Waals surface area contributed by atoms with Crippen molar-refractivity contribution in [3.8, 4) is 0 Å². The van der Waals surface area contributed by atoms with Crippen LogP contribution in [0, 0.1) is 0 Å². The summed E-state index contributed by atoms with van der Waals surface area (Å²) in [6.45, 7) is 6.51.